The van der Waals surface area contributed by atoms with Crippen molar-refractivity contribution in [1.29, 1.82) is 0 Å². The molecule has 24 heavy (non-hydrogen) atoms. The second kappa shape index (κ2) is 8.09. The zero-order valence-corrected chi connectivity index (χ0v) is 13.3. The van der Waals surface area contributed by atoms with Gasteiger partial charge >= 0.3 is 5.97 Å². The summed E-state index contributed by atoms with van der Waals surface area (Å²) in [7, 11) is 1.26. The number of aryl methyl sites for hydroxylation is 1. The predicted octanol–water partition coefficient (Wildman–Crippen LogP) is 2.10. The molecule has 2 aromatic rings. The number of aromatic nitrogens is 1. The fourth-order valence-corrected chi connectivity index (χ4v) is 1.97. The van der Waals surface area contributed by atoms with Gasteiger partial charge in [-0.1, -0.05) is 6.07 Å². The van der Waals surface area contributed by atoms with Crippen LogP contribution >= 0.6 is 0 Å². The SMILES string of the molecule is COC(=O)CCN(C(=O)COc1cc(C)on1)c1cccc(F)c1. The first-order chi connectivity index (χ1) is 11.5. The van der Waals surface area contributed by atoms with Gasteiger partial charge in [-0.2, -0.15) is 0 Å². The van der Waals surface area contributed by atoms with Crippen LogP contribution in [0.5, 0.6) is 5.88 Å². The van der Waals surface area contributed by atoms with Gasteiger partial charge in [0, 0.05) is 18.3 Å². The smallest absolute Gasteiger partial charge is 0.307 e. The van der Waals surface area contributed by atoms with E-state index in [0.717, 1.165) is 0 Å². The van der Waals surface area contributed by atoms with E-state index in [2.05, 4.69) is 9.89 Å². The number of methoxy groups -OCH3 is 1. The Morgan fingerprint density at radius 1 is 1.33 bits per heavy atom. The largest absolute Gasteiger partial charge is 0.469 e. The van der Waals surface area contributed by atoms with Gasteiger partial charge in [-0.05, 0) is 30.3 Å². The highest BCUT2D eigenvalue weighted by Crippen LogP contribution is 2.17. The van der Waals surface area contributed by atoms with Gasteiger partial charge in [0.25, 0.3) is 11.8 Å². The van der Waals surface area contributed by atoms with Crippen LogP contribution in [0.4, 0.5) is 10.1 Å². The minimum atomic E-state index is -0.489. The Morgan fingerprint density at radius 2 is 2.12 bits per heavy atom. The fourth-order valence-electron chi connectivity index (χ4n) is 1.97. The summed E-state index contributed by atoms with van der Waals surface area (Å²) >= 11 is 0. The first-order valence-electron chi connectivity index (χ1n) is 7.18. The number of rotatable bonds is 7. The summed E-state index contributed by atoms with van der Waals surface area (Å²) in [6.45, 7) is 1.40. The Morgan fingerprint density at radius 3 is 2.75 bits per heavy atom. The van der Waals surface area contributed by atoms with E-state index in [9.17, 15) is 14.0 Å². The molecule has 8 heteroatoms. The number of amides is 1. The van der Waals surface area contributed by atoms with E-state index in [4.69, 9.17) is 9.26 Å². The molecule has 0 saturated carbocycles. The second-order valence-corrected chi connectivity index (χ2v) is 4.92. The number of nitrogens with zero attached hydrogens (tertiary/aromatic N) is 2. The third kappa shape index (κ3) is 4.80. The lowest BCUT2D eigenvalue weighted by Crippen LogP contribution is -2.36. The number of ether oxygens (including phenoxy) is 2. The van der Waals surface area contributed by atoms with Gasteiger partial charge in [-0.3, -0.25) is 9.59 Å². The van der Waals surface area contributed by atoms with Crippen LogP contribution in [0.2, 0.25) is 0 Å². The number of halogens is 1. The maximum absolute atomic E-state index is 13.4. The molecule has 0 radical (unpaired) electrons. The van der Waals surface area contributed by atoms with Gasteiger partial charge < -0.3 is 18.9 Å². The van der Waals surface area contributed by atoms with Crippen molar-refractivity contribution in [3.63, 3.8) is 0 Å². The van der Waals surface area contributed by atoms with Crippen molar-refractivity contribution in [2.24, 2.45) is 0 Å². The van der Waals surface area contributed by atoms with E-state index in [1.807, 2.05) is 0 Å². The first kappa shape index (κ1) is 17.5. The summed E-state index contributed by atoms with van der Waals surface area (Å²) < 4.78 is 28.1. The Balaban J connectivity index is 2.08. The molecule has 0 bridgehead atoms. The third-order valence-corrected chi connectivity index (χ3v) is 3.14. The van der Waals surface area contributed by atoms with Crippen molar-refractivity contribution in [2.75, 3.05) is 25.2 Å². The summed E-state index contributed by atoms with van der Waals surface area (Å²) in [5, 5.41) is 3.62. The average Bonchev–Trinajstić information content (AvgIpc) is 2.98. The molecule has 0 spiro atoms. The average molecular weight is 336 g/mol. The standard InChI is InChI=1S/C16H17FN2O5/c1-11-8-14(18-24-11)23-10-15(20)19(7-6-16(21)22-2)13-5-3-4-12(17)9-13/h3-5,8-9H,6-7,10H2,1-2H3. The summed E-state index contributed by atoms with van der Waals surface area (Å²) in [5.41, 5.74) is 0.323. The van der Waals surface area contributed by atoms with E-state index in [1.54, 1.807) is 13.0 Å². The number of hydrogen-bond donors (Lipinski definition) is 0. The third-order valence-electron chi connectivity index (χ3n) is 3.14. The molecule has 0 atom stereocenters. The number of hydrogen-bond acceptors (Lipinski definition) is 6. The molecule has 0 unspecified atom stereocenters. The fraction of sp³-hybridized carbons (Fsp3) is 0.312. The topological polar surface area (TPSA) is 81.9 Å². The molecule has 128 valence electrons. The zero-order chi connectivity index (χ0) is 17.5. The maximum atomic E-state index is 13.4. The van der Waals surface area contributed by atoms with E-state index < -0.39 is 17.7 Å². The van der Waals surface area contributed by atoms with Crippen LogP contribution in [0.1, 0.15) is 12.2 Å². The summed E-state index contributed by atoms with van der Waals surface area (Å²) in [6.07, 6.45) is -0.0260. The molecule has 0 N–H and O–H groups in total. The van der Waals surface area contributed by atoms with Gasteiger partial charge in [0.1, 0.15) is 11.6 Å². The Labute approximate surface area is 137 Å². The van der Waals surface area contributed by atoms with Gasteiger partial charge in [-0.15, -0.1) is 0 Å². The van der Waals surface area contributed by atoms with Crippen molar-refractivity contribution < 1.29 is 28.0 Å². The highest BCUT2D eigenvalue weighted by Gasteiger charge is 2.19. The molecule has 0 fully saturated rings. The molecule has 1 amide bonds. The summed E-state index contributed by atoms with van der Waals surface area (Å²) in [4.78, 5) is 25.0. The predicted molar refractivity (Wildman–Crippen MR) is 82.1 cm³/mol. The minimum absolute atomic E-state index is 0.0260. The van der Waals surface area contributed by atoms with E-state index in [-0.39, 0.29) is 25.5 Å². The van der Waals surface area contributed by atoms with Crippen molar-refractivity contribution in [3.05, 3.63) is 41.9 Å². The molecule has 0 saturated heterocycles. The normalized spacial score (nSPS) is 10.3. The molecule has 1 aromatic carbocycles. The Kier molecular flexibility index (Phi) is 5.89. The number of carbonyl (C=O) groups is 2. The van der Waals surface area contributed by atoms with E-state index in [0.29, 0.717) is 11.4 Å². The monoisotopic (exact) mass is 336 g/mol. The Hall–Kier alpha value is -2.90. The van der Waals surface area contributed by atoms with Crippen molar-refractivity contribution in [2.45, 2.75) is 13.3 Å². The molecule has 1 heterocycles. The van der Waals surface area contributed by atoms with Crippen LogP contribution in [-0.4, -0.2) is 37.3 Å². The lowest BCUT2D eigenvalue weighted by atomic mass is 10.2. The summed E-state index contributed by atoms with van der Waals surface area (Å²) in [6, 6.07) is 7.05. The molecule has 0 aliphatic rings. The second-order valence-electron chi connectivity index (χ2n) is 4.92. The number of esters is 1. The van der Waals surface area contributed by atoms with E-state index in [1.165, 1.54) is 36.3 Å². The van der Waals surface area contributed by atoms with Crippen LogP contribution in [0, 0.1) is 12.7 Å². The molecule has 0 aliphatic heterocycles. The number of benzene rings is 1. The van der Waals surface area contributed by atoms with Gasteiger partial charge in [-0.25, -0.2) is 4.39 Å². The van der Waals surface area contributed by atoms with Gasteiger partial charge in [0.05, 0.1) is 13.5 Å². The highest BCUT2D eigenvalue weighted by molar-refractivity contribution is 5.94. The van der Waals surface area contributed by atoms with Gasteiger partial charge in [0.15, 0.2) is 6.61 Å². The van der Waals surface area contributed by atoms with Crippen molar-refractivity contribution in [3.8, 4) is 5.88 Å². The lowest BCUT2D eigenvalue weighted by Gasteiger charge is -2.22. The molecule has 7 nitrogen and oxygen atoms in total. The lowest BCUT2D eigenvalue weighted by molar-refractivity contribution is -0.140. The van der Waals surface area contributed by atoms with Crippen LogP contribution in [0.25, 0.3) is 0 Å². The molecule has 0 aliphatic carbocycles. The first-order valence-corrected chi connectivity index (χ1v) is 7.18. The molecular weight excluding hydrogens is 319 g/mol. The molecular formula is C16H17FN2O5. The number of carbonyl (C=O) groups excluding carboxylic acids is 2. The van der Waals surface area contributed by atoms with Crippen LogP contribution in [0.15, 0.2) is 34.9 Å². The van der Waals surface area contributed by atoms with Crippen LogP contribution < -0.4 is 9.64 Å². The Bertz CT molecular complexity index is 716. The molecule has 1 aromatic heterocycles. The summed E-state index contributed by atoms with van der Waals surface area (Å²) in [5.74, 6) is -0.697. The van der Waals surface area contributed by atoms with Crippen molar-refractivity contribution >= 4 is 17.6 Å². The zero-order valence-electron chi connectivity index (χ0n) is 13.3. The van der Waals surface area contributed by atoms with Gasteiger partial charge in [0.2, 0.25) is 0 Å². The van der Waals surface area contributed by atoms with Crippen molar-refractivity contribution in [1.82, 2.24) is 5.16 Å². The highest BCUT2D eigenvalue weighted by atomic mass is 19.1. The molecule has 2 rings (SSSR count). The van der Waals surface area contributed by atoms with Crippen LogP contribution in [0.3, 0.4) is 0 Å². The minimum Gasteiger partial charge on any atom is -0.469 e. The quantitative estimate of drug-likeness (QED) is 0.720. The maximum Gasteiger partial charge on any atom is 0.307 e. The van der Waals surface area contributed by atoms with E-state index >= 15 is 0 Å². The van der Waals surface area contributed by atoms with Crippen LogP contribution in [-0.2, 0) is 14.3 Å². The number of anilines is 1.